The van der Waals surface area contributed by atoms with Gasteiger partial charge in [0.05, 0.1) is 20.0 Å². The Morgan fingerprint density at radius 1 is 1.20 bits per heavy atom. The smallest absolute Gasteiger partial charge is 0.264 e. The van der Waals surface area contributed by atoms with Crippen molar-refractivity contribution in [3.63, 3.8) is 0 Å². The number of methoxy groups -OCH3 is 1. The van der Waals surface area contributed by atoms with Crippen molar-refractivity contribution in [2.75, 3.05) is 20.0 Å². The Bertz CT molecular complexity index is 539. The predicted octanol–water partition coefficient (Wildman–Crippen LogP) is 2.95. The van der Waals surface area contributed by atoms with E-state index in [0.29, 0.717) is 5.92 Å². The molecule has 0 N–H and O–H groups in total. The Kier molecular flexibility index (Phi) is 5.05. The normalized spacial score (nSPS) is 23.5. The fourth-order valence-corrected chi connectivity index (χ4v) is 3.42. The lowest BCUT2D eigenvalue weighted by molar-refractivity contribution is 0.190. The van der Waals surface area contributed by atoms with Gasteiger partial charge in [-0.25, -0.2) is 0 Å². The quantitative estimate of drug-likeness (QED) is 0.784. The van der Waals surface area contributed by atoms with Gasteiger partial charge in [0.15, 0.2) is 0 Å². The standard InChI is InChI=1S/C15H22O4S/c1-18-15-10-6-5-9-14(15)13-8-4-3-7-12(13)11-19-20(2,16)17/h5-6,9-10,12-13H,3-4,7-8,11H2,1-2H3/t12-,13-/m1/s1. The Labute approximate surface area is 121 Å². The predicted molar refractivity (Wildman–Crippen MR) is 78.5 cm³/mol. The molecule has 0 aromatic heterocycles. The molecule has 1 aromatic carbocycles. The molecule has 2 atom stereocenters. The van der Waals surface area contributed by atoms with Crippen molar-refractivity contribution in [3.05, 3.63) is 29.8 Å². The second-order valence-electron chi connectivity index (χ2n) is 5.38. The van der Waals surface area contributed by atoms with Gasteiger partial charge < -0.3 is 4.74 Å². The number of ether oxygens (including phenoxy) is 1. The van der Waals surface area contributed by atoms with Crippen LogP contribution in [0.1, 0.15) is 37.2 Å². The summed E-state index contributed by atoms with van der Waals surface area (Å²) < 4.78 is 32.8. The van der Waals surface area contributed by atoms with Crippen molar-refractivity contribution in [1.82, 2.24) is 0 Å². The molecule has 0 radical (unpaired) electrons. The minimum absolute atomic E-state index is 0.231. The van der Waals surface area contributed by atoms with E-state index in [2.05, 4.69) is 6.07 Å². The molecule has 0 heterocycles. The van der Waals surface area contributed by atoms with Crippen molar-refractivity contribution in [2.24, 2.45) is 5.92 Å². The summed E-state index contributed by atoms with van der Waals surface area (Å²) in [6, 6.07) is 7.98. The number of para-hydroxylation sites is 1. The van der Waals surface area contributed by atoms with Gasteiger partial charge in [-0.05, 0) is 36.3 Å². The molecule has 20 heavy (non-hydrogen) atoms. The molecule has 4 nitrogen and oxygen atoms in total. The topological polar surface area (TPSA) is 52.6 Å². The molecular weight excluding hydrogens is 276 g/mol. The van der Waals surface area contributed by atoms with Gasteiger partial charge in [-0.1, -0.05) is 31.0 Å². The molecule has 0 amide bonds. The summed E-state index contributed by atoms with van der Waals surface area (Å²) in [6.07, 6.45) is 5.45. The number of rotatable bonds is 5. The number of benzene rings is 1. The molecule has 0 spiro atoms. The largest absolute Gasteiger partial charge is 0.496 e. The van der Waals surface area contributed by atoms with Gasteiger partial charge in [0.2, 0.25) is 0 Å². The first-order valence-electron chi connectivity index (χ1n) is 6.98. The molecule has 2 rings (SSSR count). The summed E-state index contributed by atoms with van der Waals surface area (Å²) in [5, 5.41) is 0. The third-order valence-corrected chi connectivity index (χ3v) is 4.51. The van der Waals surface area contributed by atoms with Crippen LogP contribution >= 0.6 is 0 Å². The molecule has 0 saturated heterocycles. The molecule has 0 aliphatic heterocycles. The zero-order chi connectivity index (χ0) is 14.6. The highest BCUT2D eigenvalue weighted by molar-refractivity contribution is 7.85. The fraction of sp³-hybridized carbons (Fsp3) is 0.600. The van der Waals surface area contributed by atoms with Crippen LogP contribution in [0.15, 0.2) is 24.3 Å². The maximum absolute atomic E-state index is 11.2. The maximum Gasteiger partial charge on any atom is 0.264 e. The highest BCUT2D eigenvalue weighted by Gasteiger charge is 2.29. The first-order chi connectivity index (χ1) is 9.51. The van der Waals surface area contributed by atoms with E-state index >= 15 is 0 Å². The Morgan fingerprint density at radius 3 is 2.60 bits per heavy atom. The van der Waals surface area contributed by atoms with Crippen LogP contribution in [0.25, 0.3) is 0 Å². The Morgan fingerprint density at radius 2 is 1.90 bits per heavy atom. The molecule has 0 bridgehead atoms. The van der Waals surface area contributed by atoms with E-state index in [0.717, 1.165) is 43.3 Å². The van der Waals surface area contributed by atoms with Gasteiger partial charge in [-0.3, -0.25) is 4.18 Å². The summed E-state index contributed by atoms with van der Waals surface area (Å²) in [7, 11) is -1.71. The third-order valence-electron chi connectivity index (χ3n) is 3.94. The van der Waals surface area contributed by atoms with Crippen molar-refractivity contribution >= 4 is 10.1 Å². The van der Waals surface area contributed by atoms with Crippen molar-refractivity contribution in [2.45, 2.75) is 31.6 Å². The van der Waals surface area contributed by atoms with Gasteiger partial charge >= 0.3 is 0 Å². The number of hydrogen-bond acceptors (Lipinski definition) is 4. The average molecular weight is 298 g/mol. The van der Waals surface area contributed by atoms with Gasteiger partial charge in [-0.15, -0.1) is 0 Å². The summed E-state index contributed by atoms with van der Waals surface area (Å²) in [5.74, 6) is 1.42. The van der Waals surface area contributed by atoms with E-state index in [4.69, 9.17) is 8.92 Å². The first kappa shape index (κ1) is 15.3. The molecule has 0 unspecified atom stereocenters. The van der Waals surface area contributed by atoms with Crippen molar-refractivity contribution in [1.29, 1.82) is 0 Å². The minimum atomic E-state index is -3.38. The highest BCUT2D eigenvalue weighted by Crippen LogP contribution is 2.41. The van der Waals surface area contributed by atoms with Crippen LogP contribution < -0.4 is 4.74 Å². The zero-order valence-corrected chi connectivity index (χ0v) is 12.9. The van der Waals surface area contributed by atoms with E-state index < -0.39 is 10.1 Å². The van der Waals surface area contributed by atoms with Crippen LogP contribution in [0.5, 0.6) is 5.75 Å². The van der Waals surface area contributed by atoms with Crippen molar-refractivity contribution in [3.8, 4) is 5.75 Å². The summed E-state index contributed by atoms with van der Waals surface area (Å²) in [4.78, 5) is 0. The van der Waals surface area contributed by atoms with Crippen molar-refractivity contribution < 1.29 is 17.3 Å². The molecule has 1 saturated carbocycles. The molecule has 1 aliphatic carbocycles. The van der Waals surface area contributed by atoms with E-state index in [9.17, 15) is 8.42 Å². The van der Waals surface area contributed by atoms with E-state index in [1.807, 2.05) is 18.2 Å². The highest BCUT2D eigenvalue weighted by atomic mass is 32.2. The summed E-state index contributed by atoms with van der Waals surface area (Å²) in [6.45, 7) is 0.265. The van der Waals surface area contributed by atoms with Gasteiger partial charge in [-0.2, -0.15) is 8.42 Å². The SMILES string of the molecule is COc1ccccc1[C@@H]1CCCC[C@@H]1COS(C)(=O)=O. The van der Waals surface area contributed by atoms with Gasteiger partial charge in [0.1, 0.15) is 5.75 Å². The van der Waals surface area contributed by atoms with Crippen LogP contribution in [0.2, 0.25) is 0 Å². The van der Waals surface area contributed by atoms with E-state index in [-0.39, 0.29) is 12.5 Å². The maximum atomic E-state index is 11.2. The molecule has 112 valence electrons. The van der Waals surface area contributed by atoms with Crippen LogP contribution in [0.4, 0.5) is 0 Å². The molecule has 1 aliphatic rings. The molecule has 1 fully saturated rings. The van der Waals surface area contributed by atoms with Gasteiger partial charge in [0, 0.05) is 0 Å². The van der Waals surface area contributed by atoms with Crippen LogP contribution in [-0.4, -0.2) is 28.4 Å². The minimum Gasteiger partial charge on any atom is -0.496 e. The summed E-state index contributed by atoms with van der Waals surface area (Å²) >= 11 is 0. The number of hydrogen-bond donors (Lipinski definition) is 0. The van der Waals surface area contributed by atoms with Gasteiger partial charge in [0.25, 0.3) is 10.1 Å². The lowest BCUT2D eigenvalue weighted by Gasteiger charge is -2.32. The molecular formula is C15H22O4S. The van der Waals surface area contributed by atoms with Crippen LogP contribution in [0, 0.1) is 5.92 Å². The van der Waals surface area contributed by atoms with Crippen LogP contribution in [-0.2, 0) is 14.3 Å². The lowest BCUT2D eigenvalue weighted by Crippen LogP contribution is -2.24. The van der Waals surface area contributed by atoms with E-state index in [1.165, 1.54) is 0 Å². The zero-order valence-electron chi connectivity index (χ0n) is 12.0. The molecule has 5 heteroatoms. The summed E-state index contributed by atoms with van der Waals surface area (Å²) in [5.41, 5.74) is 1.16. The third kappa shape index (κ3) is 3.96. The van der Waals surface area contributed by atoms with E-state index in [1.54, 1.807) is 7.11 Å². The van der Waals surface area contributed by atoms with Crippen LogP contribution in [0.3, 0.4) is 0 Å². The lowest BCUT2D eigenvalue weighted by atomic mass is 9.75. The Balaban J connectivity index is 2.18. The molecule has 1 aromatic rings. The Hall–Kier alpha value is -1.07. The fourth-order valence-electron chi connectivity index (χ4n) is 3.00. The first-order valence-corrected chi connectivity index (χ1v) is 8.80. The second kappa shape index (κ2) is 6.59. The monoisotopic (exact) mass is 298 g/mol. The second-order valence-corrected chi connectivity index (χ2v) is 7.03. The average Bonchev–Trinajstić information content (AvgIpc) is 2.44.